The van der Waals surface area contributed by atoms with Gasteiger partial charge in [0.1, 0.15) is 0 Å². The minimum atomic E-state index is -4.09. The van der Waals surface area contributed by atoms with E-state index in [1.807, 2.05) is 0 Å². The molecule has 156 valence electrons. The second-order valence-electron chi connectivity index (χ2n) is 6.42. The van der Waals surface area contributed by atoms with Crippen molar-refractivity contribution in [2.24, 2.45) is 0 Å². The Morgan fingerprint density at radius 3 is 2.30 bits per heavy atom. The number of non-ortho nitro benzene ring substituents is 1. The molecular formula is C18H16N4O6S2. The molecule has 1 heterocycles. The van der Waals surface area contributed by atoms with Crippen LogP contribution in [0.3, 0.4) is 0 Å². The molecule has 0 fully saturated rings. The topological polar surface area (TPSA) is 149 Å². The summed E-state index contributed by atoms with van der Waals surface area (Å²) in [5, 5.41) is 18.4. The third-order valence-electron chi connectivity index (χ3n) is 4.10. The van der Waals surface area contributed by atoms with Crippen LogP contribution in [0, 0.1) is 17.0 Å². The van der Waals surface area contributed by atoms with E-state index in [0.29, 0.717) is 16.8 Å². The average molecular weight is 448 g/mol. The van der Waals surface area contributed by atoms with Crippen molar-refractivity contribution in [1.29, 1.82) is 0 Å². The first-order chi connectivity index (χ1) is 14.0. The molecule has 0 aliphatic heterocycles. The van der Waals surface area contributed by atoms with Crippen molar-refractivity contribution in [3.05, 3.63) is 70.3 Å². The van der Waals surface area contributed by atoms with E-state index in [2.05, 4.69) is 14.9 Å². The number of aryl methyl sites for hydroxylation is 1. The predicted molar refractivity (Wildman–Crippen MR) is 109 cm³/mol. The van der Waals surface area contributed by atoms with Gasteiger partial charge in [-0.1, -0.05) is 18.2 Å². The summed E-state index contributed by atoms with van der Waals surface area (Å²) >= 11 is 0. The molecule has 0 aliphatic rings. The number of nitrogens with zero attached hydrogens (tertiary/aromatic N) is 3. The minimum Gasteiger partial charge on any atom is -0.280 e. The van der Waals surface area contributed by atoms with Crippen molar-refractivity contribution >= 4 is 31.2 Å². The Labute approximate surface area is 172 Å². The summed E-state index contributed by atoms with van der Waals surface area (Å²) in [6, 6.07) is 12.6. The lowest BCUT2D eigenvalue weighted by Gasteiger charge is -2.11. The molecule has 3 rings (SSSR count). The molecule has 0 unspecified atom stereocenters. The average Bonchev–Trinajstić information content (AvgIpc) is 2.67. The first-order valence-corrected chi connectivity index (χ1v) is 11.8. The second-order valence-corrected chi connectivity index (χ2v) is 10.0. The summed E-state index contributed by atoms with van der Waals surface area (Å²) in [6.07, 6.45) is 1.02. The zero-order chi connectivity index (χ0) is 22.1. The molecule has 30 heavy (non-hydrogen) atoms. The first-order valence-electron chi connectivity index (χ1n) is 8.39. The fourth-order valence-corrected chi connectivity index (χ4v) is 4.44. The van der Waals surface area contributed by atoms with Crippen LogP contribution in [-0.4, -0.2) is 38.2 Å². The number of anilines is 1. The molecule has 0 radical (unpaired) electrons. The second kappa shape index (κ2) is 7.80. The number of nitrogens with one attached hydrogen (secondary N) is 1. The number of sulfonamides is 1. The summed E-state index contributed by atoms with van der Waals surface area (Å²) < 4.78 is 50.9. The van der Waals surface area contributed by atoms with Gasteiger partial charge in [-0.25, -0.2) is 16.8 Å². The van der Waals surface area contributed by atoms with E-state index in [1.54, 1.807) is 12.1 Å². The van der Waals surface area contributed by atoms with Gasteiger partial charge in [-0.15, -0.1) is 10.2 Å². The Bertz CT molecular complexity index is 1340. The molecular weight excluding hydrogens is 432 g/mol. The van der Waals surface area contributed by atoms with Crippen molar-refractivity contribution in [3.63, 3.8) is 0 Å². The van der Waals surface area contributed by atoms with Gasteiger partial charge in [0, 0.05) is 29.6 Å². The van der Waals surface area contributed by atoms with Crippen LogP contribution >= 0.6 is 0 Å². The van der Waals surface area contributed by atoms with Gasteiger partial charge in [0.05, 0.1) is 15.5 Å². The van der Waals surface area contributed by atoms with Crippen molar-refractivity contribution < 1.29 is 21.8 Å². The van der Waals surface area contributed by atoms with Crippen molar-refractivity contribution in [3.8, 4) is 11.3 Å². The van der Waals surface area contributed by atoms with E-state index < -0.39 is 24.8 Å². The summed E-state index contributed by atoms with van der Waals surface area (Å²) in [7, 11) is -7.59. The third kappa shape index (κ3) is 4.60. The zero-order valence-corrected chi connectivity index (χ0v) is 17.4. The van der Waals surface area contributed by atoms with Crippen molar-refractivity contribution in [1.82, 2.24) is 10.2 Å². The quantitative estimate of drug-likeness (QED) is 0.446. The molecule has 0 saturated heterocycles. The van der Waals surface area contributed by atoms with Crippen LogP contribution in [0.2, 0.25) is 0 Å². The molecule has 0 atom stereocenters. The molecule has 1 N–H and O–H groups in total. The number of nitro benzene ring substituents is 1. The maximum atomic E-state index is 12.8. The molecule has 1 aromatic heterocycles. The van der Waals surface area contributed by atoms with Gasteiger partial charge in [0.25, 0.3) is 15.7 Å². The van der Waals surface area contributed by atoms with E-state index in [4.69, 9.17) is 0 Å². The van der Waals surface area contributed by atoms with E-state index in [1.165, 1.54) is 43.3 Å². The first kappa shape index (κ1) is 21.3. The predicted octanol–water partition coefficient (Wildman–Crippen LogP) is 2.56. The van der Waals surface area contributed by atoms with Gasteiger partial charge in [-0.05, 0) is 36.8 Å². The molecule has 0 aliphatic carbocycles. The highest BCUT2D eigenvalue weighted by atomic mass is 32.2. The number of aromatic nitrogens is 2. The van der Waals surface area contributed by atoms with Crippen molar-refractivity contribution in [2.45, 2.75) is 16.8 Å². The lowest BCUT2D eigenvalue weighted by atomic mass is 10.1. The summed E-state index contributed by atoms with van der Waals surface area (Å²) in [4.78, 5) is 10.1. The van der Waals surface area contributed by atoms with Crippen LogP contribution in [0.15, 0.2) is 64.5 Å². The molecule has 0 saturated carbocycles. The van der Waals surface area contributed by atoms with Gasteiger partial charge in [-0.2, -0.15) is 0 Å². The van der Waals surface area contributed by atoms with Gasteiger partial charge in [0.15, 0.2) is 14.9 Å². The molecule has 0 amide bonds. The molecule has 10 nitrogen and oxygen atoms in total. The Balaban J connectivity index is 1.93. The standard InChI is InChI=1S/C18H16N4O6S2/c1-12-6-7-15(22(23)24)11-17(12)30(27,28)21-14-5-3-4-13(10-14)16-8-9-18(20-19-16)29(2,25)26/h3-11,21H,1-2H3. The maximum Gasteiger partial charge on any atom is 0.270 e. The van der Waals surface area contributed by atoms with Crippen LogP contribution < -0.4 is 4.72 Å². The number of benzene rings is 2. The summed E-state index contributed by atoms with van der Waals surface area (Å²) in [5.41, 5.74) is 1.06. The highest BCUT2D eigenvalue weighted by molar-refractivity contribution is 7.92. The highest BCUT2D eigenvalue weighted by Gasteiger charge is 2.21. The summed E-state index contributed by atoms with van der Waals surface area (Å²) in [5.74, 6) is 0. The zero-order valence-electron chi connectivity index (χ0n) is 15.8. The van der Waals surface area contributed by atoms with Gasteiger partial charge in [-0.3, -0.25) is 14.8 Å². The monoisotopic (exact) mass is 448 g/mol. The van der Waals surface area contributed by atoms with Crippen LogP contribution in [0.4, 0.5) is 11.4 Å². The fraction of sp³-hybridized carbons (Fsp3) is 0.111. The van der Waals surface area contributed by atoms with Gasteiger partial charge < -0.3 is 0 Å². The largest absolute Gasteiger partial charge is 0.280 e. The van der Waals surface area contributed by atoms with E-state index in [9.17, 15) is 26.9 Å². The SMILES string of the molecule is Cc1ccc([N+](=O)[O-])cc1S(=O)(=O)Nc1cccc(-c2ccc(S(C)(=O)=O)nn2)c1. The van der Waals surface area contributed by atoms with Gasteiger partial charge in [0.2, 0.25) is 0 Å². The Hall–Kier alpha value is -3.38. The van der Waals surface area contributed by atoms with Gasteiger partial charge >= 0.3 is 0 Å². The maximum absolute atomic E-state index is 12.8. The van der Waals surface area contributed by atoms with E-state index in [-0.39, 0.29) is 21.3 Å². The Morgan fingerprint density at radius 2 is 1.70 bits per heavy atom. The number of sulfone groups is 1. The minimum absolute atomic E-state index is 0.177. The van der Waals surface area contributed by atoms with Crippen LogP contribution in [-0.2, 0) is 19.9 Å². The van der Waals surface area contributed by atoms with Crippen LogP contribution in [0.25, 0.3) is 11.3 Å². The third-order valence-corrected chi connectivity index (χ3v) is 6.60. The lowest BCUT2D eigenvalue weighted by Crippen LogP contribution is -2.14. The summed E-state index contributed by atoms with van der Waals surface area (Å²) in [6.45, 7) is 1.54. The highest BCUT2D eigenvalue weighted by Crippen LogP contribution is 2.26. The molecule has 12 heteroatoms. The van der Waals surface area contributed by atoms with E-state index in [0.717, 1.165) is 12.3 Å². The van der Waals surface area contributed by atoms with E-state index >= 15 is 0 Å². The number of rotatable bonds is 6. The number of nitro groups is 1. The van der Waals surface area contributed by atoms with Crippen molar-refractivity contribution in [2.75, 3.05) is 11.0 Å². The number of hydrogen-bond acceptors (Lipinski definition) is 8. The van der Waals surface area contributed by atoms with Crippen LogP contribution in [0.5, 0.6) is 0 Å². The van der Waals surface area contributed by atoms with Crippen LogP contribution in [0.1, 0.15) is 5.56 Å². The normalized spacial score (nSPS) is 11.8. The number of hydrogen-bond donors (Lipinski definition) is 1. The molecule has 3 aromatic rings. The smallest absolute Gasteiger partial charge is 0.270 e. The lowest BCUT2D eigenvalue weighted by molar-refractivity contribution is -0.385. The molecule has 0 spiro atoms. The fourth-order valence-electron chi connectivity index (χ4n) is 2.62. The Kier molecular flexibility index (Phi) is 5.55. The molecule has 2 aromatic carbocycles. The Morgan fingerprint density at radius 1 is 0.967 bits per heavy atom. The molecule has 0 bridgehead atoms.